The highest BCUT2D eigenvalue weighted by Crippen LogP contribution is 2.14. The second kappa shape index (κ2) is 5.21. The molecule has 5 nitrogen and oxygen atoms in total. The number of ketones is 1. The first-order chi connectivity index (χ1) is 9.78. The summed E-state index contributed by atoms with van der Waals surface area (Å²) in [6, 6.07) is 5.35. The fraction of sp³-hybridized carbons (Fsp3) is 0.200. The molecule has 3 rings (SSSR count). The number of hydrogen-bond donors (Lipinski definition) is 0. The third kappa shape index (κ3) is 2.30. The zero-order valence-corrected chi connectivity index (χ0v) is 11.2. The standard InChI is InChI=1S/C15H14N4O/c1-2-7-19-10-12(9-18-19)15(20)11-3-4-13-14(8-11)17-6-5-16-13/h3-6,8-10H,2,7H2,1H3. The molecule has 0 aliphatic heterocycles. The van der Waals surface area contributed by atoms with E-state index in [4.69, 9.17) is 0 Å². The molecule has 0 spiro atoms. The lowest BCUT2D eigenvalue weighted by molar-refractivity contribution is 0.103. The summed E-state index contributed by atoms with van der Waals surface area (Å²) in [4.78, 5) is 20.8. The molecular formula is C15H14N4O. The number of aromatic nitrogens is 4. The molecule has 0 fully saturated rings. The molecule has 0 aliphatic carbocycles. The van der Waals surface area contributed by atoms with E-state index >= 15 is 0 Å². The molecule has 0 N–H and O–H groups in total. The van der Waals surface area contributed by atoms with Crippen LogP contribution in [0.1, 0.15) is 29.3 Å². The van der Waals surface area contributed by atoms with Gasteiger partial charge < -0.3 is 0 Å². The van der Waals surface area contributed by atoms with Gasteiger partial charge in [0.25, 0.3) is 0 Å². The van der Waals surface area contributed by atoms with Gasteiger partial charge in [0.1, 0.15) is 0 Å². The Morgan fingerprint density at radius 3 is 2.75 bits per heavy atom. The molecule has 1 aromatic carbocycles. The van der Waals surface area contributed by atoms with Crippen LogP contribution in [0.25, 0.3) is 11.0 Å². The van der Waals surface area contributed by atoms with E-state index in [9.17, 15) is 4.79 Å². The molecule has 0 saturated carbocycles. The highest BCUT2D eigenvalue weighted by molar-refractivity contribution is 6.09. The minimum atomic E-state index is -0.0418. The molecule has 2 heterocycles. The van der Waals surface area contributed by atoms with E-state index in [1.165, 1.54) is 0 Å². The Kier molecular flexibility index (Phi) is 3.25. The fourth-order valence-corrected chi connectivity index (χ4v) is 2.10. The average Bonchev–Trinajstić information content (AvgIpc) is 2.95. The Labute approximate surface area is 116 Å². The number of rotatable bonds is 4. The van der Waals surface area contributed by atoms with Crippen molar-refractivity contribution in [2.24, 2.45) is 0 Å². The first-order valence-electron chi connectivity index (χ1n) is 6.56. The van der Waals surface area contributed by atoms with Crippen molar-refractivity contribution in [2.75, 3.05) is 0 Å². The summed E-state index contributed by atoms with van der Waals surface area (Å²) < 4.78 is 1.79. The van der Waals surface area contributed by atoms with Crippen molar-refractivity contribution >= 4 is 16.8 Å². The molecule has 3 aromatic rings. The summed E-state index contributed by atoms with van der Waals surface area (Å²) in [5, 5.41) is 4.18. The third-order valence-electron chi connectivity index (χ3n) is 3.08. The van der Waals surface area contributed by atoms with Gasteiger partial charge in [-0.25, -0.2) is 0 Å². The van der Waals surface area contributed by atoms with Crippen LogP contribution in [0.4, 0.5) is 0 Å². The average molecular weight is 266 g/mol. The number of carbonyl (C=O) groups is 1. The molecule has 20 heavy (non-hydrogen) atoms. The van der Waals surface area contributed by atoms with E-state index in [2.05, 4.69) is 22.0 Å². The van der Waals surface area contributed by atoms with Crippen LogP contribution in [0.5, 0.6) is 0 Å². The SMILES string of the molecule is CCCn1cc(C(=O)c2ccc3nccnc3c2)cn1. The predicted octanol–water partition coefficient (Wildman–Crippen LogP) is 2.47. The Hall–Kier alpha value is -2.56. The van der Waals surface area contributed by atoms with Crippen molar-refractivity contribution in [1.82, 2.24) is 19.7 Å². The van der Waals surface area contributed by atoms with Crippen molar-refractivity contribution in [2.45, 2.75) is 19.9 Å². The molecule has 100 valence electrons. The smallest absolute Gasteiger partial charge is 0.196 e. The molecule has 0 radical (unpaired) electrons. The van der Waals surface area contributed by atoms with Gasteiger partial charge in [-0.15, -0.1) is 0 Å². The van der Waals surface area contributed by atoms with Crippen LogP contribution in [0.3, 0.4) is 0 Å². The maximum absolute atomic E-state index is 12.4. The highest BCUT2D eigenvalue weighted by Gasteiger charge is 2.12. The van der Waals surface area contributed by atoms with Crippen LogP contribution in [-0.4, -0.2) is 25.5 Å². The van der Waals surface area contributed by atoms with Gasteiger partial charge in [-0.2, -0.15) is 5.10 Å². The Bertz CT molecular complexity index is 763. The van der Waals surface area contributed by atoms with E-state index in [0.29, 0.717) is 11.1 Å². The molecule has 5 heteroatoms. The van der Waals surface area contributed by atoms with Crippen LogP contribution < -0.4 is 0 Å². The first-order valence-corrected chi connectivity index (χ1v) is 6.56. The molecule has 0 unspecified atom stereocenters. The normalized spacial score (nSPS) is 10.8. The van der Waals surface area contributed by atoms with Gasteiger partial charge in [-0.3, -0.25) is 19.4 Å². The second-order valence-corrected chi connectivity index (χ2v) is 4.58. The largest absolute Gasteiger partial charge is 0.288 e. The minimum Gasteiger partial charge on any atom is -0.288 e. The third-order valence-corrected chi connectivity index (χ3v) is 3.08. The molecule has 0 aliphatic rings. The molecule has 0 amide bonds. The Morgan fingerprint density at radius 2 is 1.95 bits per heavy atom. The fourth-order valence-electron chi connectivity index (χ4n) is 2.10. The van der Waals surface area contributed by atoms with Gasteiger partial charge in [0.15, 0.2) is 5.78 Å². The zero-order chi connectivity index (χ0) is 13.9. The quantitative estimate of drug-likeness (QED) is 0.681. The van der Waals surface area contributed by atoms with E-state index in [1.807, 2.05) is 6.07 Å². The maximum atomic E-state index is 12.4. The van der Waals surface area contributed by atoms with E-state index < -0.39 is 0 Å². The van der Waals surface area contributed by atoms with Crippen LogP contribution >= 0.6 is 0 Å². The van der Waals surface area contributed by atoms with E-state index in [1.54, 1.807) is 41.6 Å². The zero-order valence-electron chi connectivity index (χ0n) is 11.2. The summed E-state index contributed by atoms with van der Waals surface area (Å²) >= 11 is 0. The van der Waals surface area contributed by atoms with Gasteiger partial charge in [-0.05, 0) is 24.6 Å². The molecule has 0 saturated heterocycles. The summed E-state index contributed by atoms with van der Waals surface area (Å²) in [6.45, 7) is 2.89. The first kappa shape index (κ1) is 12.5. The monoisotopic (exact) mass is 266 g/mol. The number of benzene rings is 1. The lowest BCUT2D eigenvalue weighted by atomic mass is 10.1. The van der Waals surface area contributed by atoms with Gasteiger partial charge >= 0.3 is 0 Å². The summed E-state index contributed by atoms with van der Waals surface area (Å²) in [5.74, 6) is -0.0418. The predicted molar refractivity (Wildman–Crippen MR) is 75.5 cm³/mol. The lowest BCUT2D eigenvalue weighted by Gasteiger charge is -2.00. The van der Waals surface area contributed by atoms with Crippen molar-refractivity contribution in [3.8, 4) is 0 Å². The van der Waals surface area contributed by atoms with Crippen LogP contribution in [0.15, 0.2) is 43.0 Å². The summed E-state index contributed by atoms with van der Waals surface area (Å²) in [7, 11) is 0. The molecule has 0 bridgehead atoms. The second-order valence-electron chi connectivity index (χ2n) is 4.58. The molecule has 2 aromatic heterocycles. The van der Waals surface area contributed by atoms with Gasteiger partial charge in [0.2, 0.25) is 0 Å². The van der Waals surface area contributed by atoms with Crippen molar-refractivity contribution in [1.29, 1.82) is 0 Å². The lowest BCUT2D eigenvalue weighted by Crippen LogP contribution is -2.01. The Balaban J connectivity index is 1.94. The van der Waals surface area contributed by atoms with E-state index in [0.717, 1.165) is 24.0 Å². The molecule has 0 atom stereocenters. The van der Waals surface area contributed by atoms with E-state index in [-0.39, 0.29) is 5.78 Å². The maximum Gasteiger partial charge on any atom is 0.196 e. The van der Waals surface area contributed by atoms with Crippen LogP contribution in [0.2, 0.25) is 0 Å². The summed E-state index contributed by atoms with van der Waals surface area (Å²) in [5.41, 5.74) is 2.71. The number of fused-ring (bicyclic) bond motifs is 1. The number of nitrogens with zero attached hydrogens (tertiary/aromatic N) is 4. The topological polar surface area (TPSA) is 60.7 Å². The highest BCUT2D eigenvalue weighted by atomic mass is 16.1. The van der Waals surface area contributed by atoms with Crippen LogP contribution in [0, 0.1) is 0 Å². The van der Waals surface area contributed by atoms with Crippen molar-refractivity contribution < 1.29 is 4.79 Å². The van der Waals surface area contributed by atoms with Crippen molar-refractivity contribution in [3.63, 3.8) is 0 Å². The minimum absolute atomic E-state index is 0.0418. The molecular weight excluding hydrogens is 252 g/mol. The number of aryl methyl sites for hydroxylation is 1. The van der Waals surface area contributed by atoms with Crippen LogP contribution in [-0.2, 0) is 6.54 Å². The number of hydrogen-bond acceptors (Lipinski definition) is 4. The van der Waals surface area contributed by atoms with Gasteiger partial charge in [0.05, 0.1) is 22.8 Å². The van der Waals surface area contributed by atoms with Gasteiger partial charge in [-0.1, -0.05) is 6.92 Å². The number of carbonyl (C=O) groups excluding carboxylic acids is 1. The summed E-state index contributed by atoms with van der Waals surface area (Å²) in [6.07, 6.45) is 7.64. The van der Waals surface area contributed by atoms with Crippen molar-refractivity contribution in [3.05, 3.63) is 54.1 Å². The van der Waals surface area contributed by atoms with Gasteiger partial charge in [0, 0.05) is 30.7 Å². The Morgan fingerprint density at radius 1 is 1.15 bits per heavy atom.